The minimum absolute atomic E-state index is 0.0562. The van der Waals surface area contributed by atoms with Crippen LogP contribution in [0.5, 0.6) is 0 Å². The van der Waals surface area contributed by atoms with E-state index in [4.69, 9.17) is 16.3 Å². The summed E-state index contributed by atoms with van der Waals surface area (Å²) in [4.78, 5) is 25.0. The normalized spacial score (nSPS) is 20.4. The number of nitrogens with zero attached hydrogens (tertiary/aromatic N) is 1. The molecule has 1 amide bonds. The number of likely N-dealkylation sites (tertiary alicyclic amines) is 1. The van der Waals surface area contributed by atoms with E-state index in [1.54, 1.807) is 20.8 Å². The molecular formula is C17H21ClFNO6S. The smallest absolute Gasteiger partial charge is 0.411 e. The second-order valence-corrected chi connectivity index (χ2v) is 9.78. The Balaban J connectivity index is 2.36. The Morgan fingerprint density at radius 3 is 2.44 bits per heavy atom. The van der Waals surface area contributed by atoms with Crippen LogP contribution in [-0.2, 0) is 24.1 Å². The summed E-state index contributed by atoms with van der Waals surface area (Å²) in [6.07, 6.45) is -1.07. The third kappa shape index (κ3) is 4.70. The molecule has 1 fully saturated rings. The number of benzene rings is 1. The SMILES string of the molecule is COC(=O)[C@@H]1C[C@@H](S(=O)(=O)c2ccc(Cl)cc2F)CN1C(=O)OC(C)(C)C. The first kappa shape index (κ1) is 21.4. The van der Waals surface area contributed by atoms with Gasteiger partial charge in [0, 0.05) is 11.6 Å². The van der Waals surface area contributed by atoms with Crippen molar-refractivity contribution in [3.05, 3.63) is 29.0 Å². The summed E-state index contributed by atoms with van der Waals surface area (Å²) >= 11 is 5.67. The first-order valence-corrected chi connectivity index (χ1v) is 10.1. The minimum atomic E-state index is -4.16. The highest BCUT2D eigenvalue weighted by atomic mass is 35.5. The Kier molecular flexibility index (Phi) is 6.06. The number of amides is 1. The third-order valence-electron chi connectivity index (χ3n) is 4.00. The molecule has 2 rings (SSSR count). The number of halogens is 2. The lowest BCUT2D eigenvalue weighted by molar-refractivity contribution is -0.145. The van der Waals surface area contributed by atoms with Crippen LogP contribution in [0.15, 0.2) is 23.1 Å². The van der Waals surface area contributed by atoms with Crippen LogP contribution in [0.1, 0.15) is 27.2 Å². The van der Waals surface area contributed by atoms with Crippen molar-refractivity contribution in [1.29, 1.82) is 0 Å². The molecule has 1 heterocycles. The van der Waals surface area contributed by atoms with Crippen molar-refractivity contribution < 1.29 is 31.9 Å². The van der Waals surface area contributed by atoms with Crippen molar-refractivity contribution in [3.8, 4) is 0 Å². The number of sulfone groups is 1. The zero-order chi connectivity index (χ0) is 20.6. The summed E-state index contributed by atoms with van der Waals surface area (Å²) in [5.41, 5.74) is -0.836. The molecule has 1 aliphatic rings. The van der Waals surface area contributed by atoms with Gasteiger partial charge in [0.05, 0.1) is 12.4 Å². The predicted octanol–water partition coefficient (Wildman–Crippen LogP) is 2.80. The van der Waals surface area contributed by atoms with Crippen molar-refractivity contribution in [1.82, 2.24) is 4.90 Å². The Hall–Kier alpha value is -1.87. The standard InChI is InChI=1S/C17H21ClFNO6S/c1-17(2,3)26-16(22)20-9-11(8-13(20)15(21)25-4)27(23,24)14-6-5-10(18)7-12(14)19/h5-7,11,13H,8-9H2,1-4H3/t11-,13+/m1/s1. The molecule has 0 aliphatic carbocycles. The molecule has 2 atom stereocenters. The number of ether oxygens (including phenoxy) is 2. The van der Waals surface area contributed by atoms with Crippen molar-refractivity contribution >= 4 is 33.5 Å². The number of esters is 1. The van der Waals surface area contributed by atoms with E-state index in [-0.39, 0.29) is 18.0 Å². The fraction of sp³-hybridized carbons (Fsp3) is 0.529. The van der Waals surface area contributed by atoms with Crippen molar-refractivity contribution in [3.63, 3.8) is 0 Å². The average Bonchev–Trinajstić information content (AvgIpc) is 2.98. The summed E-state index contributed by atoms with van der Waals surface area (Å²) in [6.45, 7) is 4.61. The van der Waals surface area contributed by atoms with Crippen molar-refractivity contribution in [2.24, 2.45) is 0 Å². The molecule has 150 valence electrons. The number of carbonyl (C=O) groups excluding carboxylic acids is 2. The highest BCUT2D eigenvalue weighted by molar-refractivity contribution is 7.92. The lowest BCUT2D eigenvalue weighted by Gasteiger charge is -2.27. The summed E-state index contributed by atoms with van der Waals surface area (Å²) in [7, 11) is -3.03. The van der Waals surface area contributed by atoms with Gasteiger partial charge < -0.3 is 9.47 Å². The Morgan fingerprint density at radius 2 is 1.93 bits per heavy atom. The van der Waals surface area contributed by atoms with E-state index in [9.17, 15) is 22.4 Å². The van der Waals surface area contributed by atoms with Crippen molar-refractivity contribution in [2.75, 3.05) is 13.7 Å². The van der Waals surface area contributed by atoms with Crippen LogP contribution >= 0.6 is 11.6 Å². The van der Waals surface area contributed by atoms with Gasteiger partial charge in [-0.3, -0.25) is 4.90 Å². The molecule has 1 aliphatic heterocycles. The third-order valence-corrected chi connectivity index (χ3v) is 6.40. The molecule has 7 nitrogen and oxygen atoms in total. The maximum atomic E-state index is 14.1. The monoisotopic (exact) mass is 421 g/mol. The van der Waals surface area contributed by atoms with Gasteiger partial charge in [0.15, 0.2) is 9.84 Å². The van der Waals surface area contributed by atoms with E-state index in [0.717, 1.165) is 24.1 Å². The van der Waals surface area contributed by atoms with Gasteiger partial charge in [-0.25, -0.2) is 22.4 Å². The number of rotatable bonds is 3. The van der Waals surface area contributed by atoms with Crippen LogP contribution in [0.25, 0.3) is 0 Å². The Labute approximate surface area is 162 Å². The molecule has 1 saturated heterocycles. The molecule has 0 N–H and O–H groups in total. The molecular weight excluding hydrogens is 401 g/mol. The van der Waals surface area contributed by atoms with Gasteiger partial charge in [-0.05, 0) is 45.4 Å². The van der Waals surface area contributed by atoms with Crippen LogP contribution in [0.3, 0.4) is 0 Å². The van der Waals surface area contributed by atoms with Gasteiger partial charge in [0.25, 0.3) is 0 Å². The molecule has 0 saturated carbocycles. The van der Waals surface area contributed by atoms with Crippen LogP contribution in [0.4, 0.5) is 9.18 Å². The van der Waals surface area contributed by atoms with E-state index in [1.807, 2.05) is 0 Å². The fourth-order valence-corrected chi connectivity index (χ4v) is 4.69. The largest absolute Gasteiger partial charge is 0.467 e. The van der Waals surface area contributed by atoms with E-state index in [2.05, 4.69) is 4.74 Å². The second kappa shape index (κ2) is 7.63. The summed E-state index contributed by atoms with van der Waals surface area (Å²) in [5.74, 6) is -1.76. The van der Waals surface area contributed by atoms with Crippen LogP contribution in [-0.4, -0.2) is 55.9 Å². The second-order valence-electron chi connectivity index (χ2n) is 7.15. The predicted molar refractivity (Wildman–Crippen MR) is 95.7 cm³/mol. The first-order chi connectivity index (χ1) is 12.4. The maximum absolute atomic E-state index is 14.1. The van der Waals surface area contributed by atoms with E-state index < -0.39 is 49.5 Å². The number of hydrogen-bond acceptors (Lipinski definition) is 6. The van der Waals surface area contributed by atoms with Gasteiger partial charge in [-0.2, -0.15) is 0 Å². The van der Waals surface area contributed by atoms with Gasteiger partial charge in [0.2, 0.25) is 0 Å². The lowest BCUT2D eigenvalue weighted by Crippen LogP contribution is -2.44. The number of methoxy groups -OCH3 is 1. The van der Waals surface area contributed by atoms with E-state index in [1.165, 1.54) is 6.07 Å². The maximum Gasteiger partial charge on any atom is 0.411 e. The Bertz CT molecular complexity index is 851. The topological polar surface area (TPSA) is 90.0 Å². The van der Waals surface area contributed by atoms with E-state index >= 15 is 0 Å². The molecule has 0 radical (unpaired) electrons. The molecule has 27 heavy (non-hydrogen) atoms. The quantitative estimate of drug-likeness (QED) is 0.697. The van der Waals surface area contributed by atoms with E-state index in [0.29, 0.717) is 0 Å². The van der Waals surface area contributed by atoms with Gasteiger partial charge >= 0.3 is 12.1 Å². The van der Waals surface area contributed by atoms with Gasteiger partial charge in [-0.1, -0.05) is 11.6 Å². The molecule has 0 aromatic heterocycles. The number of carbonyl (C=O) groups is 2. The highest BCUT2D eigenvalue weighted by Crippen LogP contribution is 2.31. The molecule has 0 unspecified atom stereocenters. The van der Waals surface area contributed by atoms with Gasteiger partial charge in [-0.15, -0.1) is 0 Å². The minimum Gasteiger partial charge on any atom is -0.467 e. The van der Waals surface area contributed by atoms with Crippen molar-refractivity contribution in [2.45, 2.75) is 49.0 Å². The molecule has 10 heteroatoms. The summed E-state index contributed by atoms with van der Waals surface area (Å²) in [6, 6.07) is 2.08. The molecule has 1 aromatic rings. The first-order valence-electron chi connectivity index (χ1n) is 8.13. The van der Waals surface area contributed by atoms with Crippen LogP contribution < -0.4 is 0 Å². The highest BCUT2D eigenvalue weighted by Gasteiger charge is 2.47. The molecule has 0 bridgehead atoms. The van der Waals surface area contributed by atoms with Crippen LogP contribution in [0.2, 0.25) is 5.02 Å². The summed E-state index contributed by atoms with van der Waals surface area (Å²) < 4.78 is 49.8. The van der Waals surface area contributed by atoms with Crippen LogP contribution in [0, 0.1) is 5.82 Å². The van der Waals surface area contributed by atoms with Gasteiger partial charge in [0.1, 0.15) is 22.4 Å². The zero-order valence-electron chi connectivity index (χ0n) is 15.4. The zero-order valence-corrected chi connectivity index (χ0v) is 16.9. The Morgan fingerprint density at radius 1 is 1.30 bits per heavy atom. The average molecular weight is 422 g/mol. The molecule has 0 spiro atoms. The lowest BCUT2D eigenvalue weighted by atomic mass is 10.2. The summed E-state index contributed by atoms with van der Waals surface area (Å²) in [5, 5.41) is -1.13. The number of hydrogen-bond donors (Lipinski definition) is 0. The fourth-order valence-electron chi connectivity index (χ4n) is 2.79. The molecule has 1 aromatic carbocycles.